The fourth-order valence-electron chi connectivity index (χ4n) is 4.74. The highest BCUT2D eigenvalue weighted by molar-refractivity contribution is 6.10. The van der Waals surface area contributed by atoms with Gasteiger partial charge in [-0.1, -0.05) is 0 Å². The smallest absolute Gasteiger partial charge is 0.253 e. The molecule has 1 aromatic carbocycles. The number of anilines is 1. The lowest BCUT2D eigenvalue weighted by molar-refractivity contribution is 0.00940. The summed E-state index contributed by atoms with van der Waals surface area (Å²) in [6.45, 7) is 3.24. The number of carbonyl (C=O) groups is 1. The minimum atomic E-state index is -0.959. The predicted molar refractivity (Wildman–Crippen MR) is 118 cm³/mol. The van der Waals surface area contributed by atoms with E-state index in [-0.39, 0.29) is 18.0 Å². The van der Waals surface area contributed by atoms with Crippen LogP contribution < -0.4 is 21.1 Å². The lowest BCUT2D eigenvalue weighted by Crippen LogP contribution is -2.45. The Morgan fingerprint density at radius 3 is 3.00 bits per heavy atom. The minimum Gasteiger partial charge on any atom is -0.450 e. The van der Waals surface area contributed by atoms with Gasteiger partial charge in [0.05, 0.1) is 11.9 Å². The van der Waals surface area contributed by atoms with Gasteiger partial charge in [-0.25, -0.2) is 4.99 Å². The number of aliphatic imine (C=N–C) groups is 1. The average Bonchev–Trinajstić information content (AvgIpc) is 3.06. The van der Waals surface area contributed by atoms with Crippen molar-refractivity contribution in [1.29, 1.82) is 0 Å². The number of fused-ring (bicyclic) bond motifs is 2. The molecule has 3 unspecified atom stereocenters. The highest BCUT2D eigenvalue weighted by Gasteiger charge is 2.32. The van der Waals surface area contributed by atoms with Gasteiger partial charge in [-0.2, -0.15) is 0 Å². The zero-order valence-corrected chi connectivity index (χ0v) is 17.6. The number of ether oxygens (including phenoxy) is 1. The van der Waals surface area contributed by atoms with Crippen LogP contribution >= 0.6 is 0 Å². The topological polar surface area (TPSA) is 115 Å². The molecule has 1 amide bonds. The summed E-state index contributed by atoms with van der Waals surface area (Å²) in [7, 11) is 0. The quantitative estimate of drug-likeness (QED) is 0.558. The maximum Gasteiger partial charge on any atom is 0.253 e. The summed E-state index contributed by atoms with van der Waals surface area (Å²) >= 11 is 0. The highest BCUT2D eigenvalue weighted by Crippen LogP contribution is 2.35. The molecule has 2 saturated heterocycles. The number of nitrogens with zero attached hydrogens (tertiary/aromatic N) is 3. The lowest BCUT2D eigenvalue weighted by Gasteiger charge is -2.37. The number of hydrogen-bond donors (Lipinski definition) is 4. The van der Waals surface area contributed by atoms with Crippen LogP contribution in [0.5, 0.6) is 5.75 Å². The largest absolute Gasteiger partial charge is 0.450 e. The third-order valence-corrected chi connectivity index (χ3v) is 6.42. The van der Waals surface area contributed by atoms with E-state index in [0.717, 1.165) is 51.7 Å². The van der Waals surface area contributed by atoms with E-state index in [0.29, 0.717) is 35.1 Å². The molecule has 0 bridgehead atoms. The molecule has 4 aliphatic rings. The molecule has 31 heavy (non-hydrogen) atoms. The van der Waals surface area contributed by atoms with Gasteiger partial charge in [0.2, 0.25) is 6.35 Å². The molecule has 2 fully saturated rings. The van der Waals surface area contributed by atoms with Crippen molar-refractivity contribution in [2.24, 2.45) is 10.7 Å². The molecule has 9 nitrogen and oxygen atoms in total. The number of aliphatic hydroxyl groups excluding tert-OH is 1. The van der Waals surface area contributed by atoms with Crippen LogP contribution in [0.2, 0.25) is 0 Å². The van der Waals surface area contributed by atoms with Gasteiger partial charge in [0.25, 0.3) is 5.91 Å². The molecule has 166 valence electrons. The highest BCUT2D eigenvalue weighted by atomic mass is 16.5. The Kier molecular flexibility index (Phi) is 5.56. The number of piperidine rings is 1. The SMILES string of the molecule is NC1CCCN(C(=O)c2ccc3c(c2)NC2=NC(O)N(C4CCCNCC4)C=C2O3)C1. The first-order chi connectivity index (χ1) is 15.1. The van der Waals surface area contributed by atoms with Crippen molar-refractivity contribution in [3.05, 3.63) is 35.7 Å². The van der Waals surface area contributed by atoms with Gasteiger partial charge in [0, 0.05) is 30.7 Å². The third kappa shape index (κ3) is 4.13. The Hall–Kier alpha value is -2.62. The maximum absolute atomic E-state index is 12.9. The van der Waals surface area contributed by atoms with E-state index in [4.69, 9.17) is 10.5 Å². The molecule has 0 saturated carbocycles. The van der Waals surface area contributed by atoms with Crippen LogP contribution in [0, 0.1) is 0 Å². The fraction of sp³-hybridized carbons (Fsp3) is 0.545. The number of likely N-dealkylation sites (tertiary alicyclic amines) is 1. The zero-order valence-electron chi connectivity index (χ0n) is 17.6. The molecule has 0 spiro atoms. The molecule has 1 aromatic rings. The van der Waals surface area contributed by atoms with E-state index < -0.39 is 6.35 Å². The van der Waals surface area contributed by atoms with Crippen LogP contribution in [-0.2, 0) is 0 Å². The third-order valence-electron chi connectivity index (χ3n) is 6.42. The van der Waals surface area contributed by atoms with Crippen molar-refractivity contribution in [3.8, 4) is 5.75 Å². The molecule has 5 rings (SSSR count). The number of rotatable bonds is 2. The summed E-state index contributed by atoms with van der Waals surface area (Å²) in [6, 6.07) is 5.63. The Labute approximate surface area is 181 Å². The number of benzene rings is 1. The molecule has 4 heterocycles. The molecular weight excluding hydrogens is 396 g/mol. The van der Waals surface area contributed by atoms with Gasteiger partial charge in [-0.05, 0) is 63.4 Å². The van der Waals surface area contributed by atoms with E-state index in [1.54, 1.807) is 12.1 Å². The van der Waals surface area contributed by atoms with E-state index in [1.807, 2.05) is 22.1 Å². The molecule has 9 heteroatoms. The maximum atomic E-state index is 12.9. The van der Waals surface area contributed by atoms with Crippen molar-refractivity contribution >= 4 is 17.4 Å². The number of hydrogen-bond acceptors (Lipinski definition) is 8. The summed E-state index contributed by atoms with van der Waals surface area (Å²) in [5.41, 5.74) is 7.29. The number of carbonyl (C=O) groups excluding carboxylic acids is 1. The average molecular weight is 427 g/mol. The Morgan fingerprint density at radius 2 is 2.13 bits per heavy atom. The van der Waals surface area contributed by atoms with Crippen molar-refractivity contribution in [2.75, 3.05) is 31.5 Å². The molecule has 0 radical (unpaired) electrons. The first kappa shape index (κ1) is 20.3. The van der Waals surface area contributed by atoms with Crippen molar-refractivity contribution < 1.29 is 14.6 Å². The first-order valence-electron chi connectivity index (χ1n) is 11.2. The second-order valence-corrected chi connectivity index (χ2v) is 8.69. The van der Waals surface area contributed by atoms with Gasteiger partial charge < -0.3 is 36.0 Å². The number of amidine groups is 1. The van der Waals surface area contributed by atoms with Crippen molar-refractivity contribution in [3.63, 3.8) is 0 Å². The Balaban J connectivity index is 1.35. The summed E-state index contributed by atoms with van der Waals surface area (Å²) in [4.78, 5) is 21.0. The summed E-state index contributed by atoms with van der Waals surface area (Å²) in [5.74, 6) is 1.67. The van der Waals surface area contributed by atoms with E-state index >= 15 is 0 Å². The van der Waals surface area contributed by atoms with E-state index in [1.165, 1.54) is 0 Å². The second-order valence-electron chi connectivity index (χ2n) is 8.69. The van der Waals surface area contributed by atoms with Gasteiger partial charge in [-0.15, -0.1) is 0 Å². The number of amides is 1. The Bertz CT molecular complexity index is 909. The van der Waals surface area contributed by atoms with Crippen molar-refractivity contribution in [1.82, 2.24) is 15.1 Å². The summed E-state index contributed by atoms with van der Waals surface area (Å²) < 4.78 is 6.09. The Morgan fingerprint density at radius 1 is 1.23 bits per heavy atom. The van der Waals surface area contributed by atoms with Crippen LogP contribution in [0.25, 0.3) is 0 Å². The molecule has 0 aromatic heterocycles. The molecule has 4 aliphatic heterocycles. The number of nitrogens with one attached hydrogen (secondary N) is 2. The first-order valence-corrected chi connectivity index (χ1v) is 11.2. The van der Waals surface area contributed by atoms with E-state index in [9.17, 15) is 9.90 Å². The summed E-state index contributed by atoms with van der Waals surface area (Å²) in [5, 5.41) is 17.3. The second kappa shape index (κ2) is 8.49. The van der Waals surface area contributed by atoms with Crippen LogP contribution in [0.15, 0.2) is 35.2 Å². The molecule has 3 atom stereocenters. The standard InChI is InChI=1S/C22H30N6O3/c23-15-3-2-10-27(12-15)21(29)14-5-6-18-17(11-14)25-20-19(31-18)13-28(22(30)26-20)16-4-1-8-24-9-7-16/h5-6,11,13,15-16,22,24,30H,1-4,7-10,12,23H2,(H,25,26). The number of aliphatic hydroxyl groups is 1. The van der Waals surface area contributed by atoms with Crippen LogP contribution in [0.4, 0.5) is 5.69 Å². The molecule has 0 aliphatic carbocycles. The van der Waals surface area contributed by atoms with Gasteiger partial charge in [-0.3, -0.25) is 4.79 Å². The van der Waals surface area contributed by atoms with Crippen LogP contribution in [0.3, 0.4) is 0 Å². The minimum absolute atomic E-state index is 0.0279. The zero-order chi connectivity index (χ0) is 21.4. The normalized spacial score (nSPS) is 28.3. The van der Waals surface area contributed by atoms with E-state index in [2.05, 4.69) is 15.6 Å². The molecule has 5 N–H and O–H groups in total. The van der Waals surface area contributed by atoms with Crippen LogP contribution in [-0.4, -0.2) is 71.3 Å². The van der Waals surface area contributed by atoms with Crippen LogP contribution in [0.1, 0.15) is 42.5 Å². The van der Waals surface area contributed by atoms with Gasteiger partial charge >= 0.3 is 0 Å². The lowest BCUT2D eigenvalue weighted by atomic mass is 10.0. The summed E-state index contributed by atoms with van der Waals surface area (Å²) in [6.07, 6.45) is 5.78. The number of nitrogens with two attached hydrogens (primary N) is 1. The van der Waals surface area contributed by atoms with Gasteiger partial charge in [0.15, 0.2) is 17.3 Å². The fourth-order valence-corrected chi connectivity index (χ4v) is 4.74. The van der Waals surface area contributed by atoms with Crippen molar-refractivity contribution in [2.45, 2.75) is 50.5 Å². The van der Waals surface area contributed by atoms with Gasteiger partial charge in [0.1, 0.15) is 0 Å². The monoisotopic (exact) mass is 426 g/mol. The molecular formula is C22H30N6O3. The predicted octanol–water partition coefficient (Wildman–Crippen LogP) is 1.03.